The average molecular weight is 266 g/mol. The molecule has 0 bridgehead atoms. The zero-order chi connectivity index (χ0) is 13.3. The van der Waals surface area contributed by atoms with Crippen LogP contribution in [0.1, 0.15) is 17.3 Å². The molecule has 0 radical (unpaired) electrons. The number of H-pyrrole nitrogens is 1. The van der Waals surface area contributed by atoms with Crippen molar-refractivity contribution in [1.82, 2.24) is 14.5 Å². The van der Waals surface area contributed by atoms with Gasteiger partial charge in [0, 0.05) is 0 Å². The van der Waals surface area contributed by atoms with Crippen molar-refractivity contribution in [2.45, 2.75) is 13.5 Å². The molecule has 2 heterocycles. The summed E-state index contributed by atoms with van der Waals surface area (Å²) in [5.41, 5.74) is -0.459. The molecule has 6 nitrogen and oxygen atoms in total. The molecule has 7 heteroatoms. The quantitative estimate of drug-likeness (QED) is 0.796. The Morgan fingerprint density at radius 3 is 3.00 bits per heavy atom. The van der Waals surface area contributed by atoms with E-state index in [-0.39, 0.29) is 28.3 Å². The van der Waals surface area contributed by atoms with Gasteiger partial charge < -0.3 is 14.7 Å². The third-order valence-corrected chi connectivity index (χ3v) is 2.80. The van der Waals surface area contributed by atoms with Crippen LogP contribution in [0.2, 0.25) is 5.15 Å². The van der Waals surface area contributed by atoms with Crippen molar-refractivity contribution in [3.05, 3.63) is 27.4 Å². The summed E-state index contributed by atoms with van der Waals surface area (Å²) in [4.78, 5) is 29.1. The van der Waals surface area contributed by atoms with Crippen molar-refractivity contribution in [3.8, 4) is 11.8 Å². The molecule has 0 aromatic carbocycles. The Morgan fingerprint density at radius 1 is 1.67 bits per heavy atom. The number of hydrogen-bond donors (Lipinski definition) is 2. The van der Waals surface area contributed by atoms with E-state index < -0.39 is 11.5 Å². The van der Waals surface area contributed by atoms with Crippen molar-refractivity contribution in [3.63, 3.8) is 0 Å². The highest BCUT2D eigenvalue weighted by molar-refractivity contribution is 6.34. The van der Waals surface area contributed by atoms with Crippen LogP contribution in [0.25, 0.3) is 11.0 Å². The minimum absolute atomic E-state index is 0.0514. The highest BCUT2D eigenvalue weighted by atomic mass is 35.5. The zero-order valence-corrected chi connectivity index (χ0v) is 10.1. The van der Waals surface area contributed by atoms with E-state index >= 15 is 0 Å². The lowest BCUT2D eigenvalue weighted by atomic mass is 10.3. The normalized spacial score (nSPS) is 10.1. The number of nitrogens with one attached hydrogen (secondary N) is 1. The van der Waals surface area contributed by atoms with Crippen LogP contribution in [0.15, 0.2) is 11.1 Å². The van der Waals surface area contributed by atoms with E-state index in [0.717, 1.165) is 6.33 Å². The monoisotopic (exact) mass is 265 g/mol. The second kappa shape index (κ2) is 4.55. The highest BCUT2D eigenvalue weighted by Crippen LogP contribution is 2.26. The Balaban J connectivity index is 2.91. The van der Waals surface area contributed by atoms with Crippen molar-refractivity contribution in [1.29, 1.82) is 0 Å². The smallest absolute Gasteiger partial charge is 0.341 e. The van der Waals surface area contributed by atoms with Crippen molar-refractivity contribution < 1.29 is 9.90 Å². The zero-order valence-electron chi connectivity index (χ0n) is 9.32. The lowest BCUT2D eigenvalue weighted by Crippen LogP contribution is -2.11. The lowest BCUT2D eigenvalue weighted by molar-refractivity contribution is 0.0699. The van der Waals surface area contributed by atoms with Crippen molar-refractivity contribution in [2.75, 3.05) is 0 Å². The first-order valence-corrected chi connectivity index (χ1v) is 5.34. The first-order valence-electron chi connectivity index (χ1n) is 4.96. The molecule has 92 valence electrons. The van der Waals surface area contributed by atoms with Gasteiger partial charge in [-0.05, 0) is 6.92 Å². The lowest BCUT2D eigenvalue weighted by Gasteiger charge is -1.99. The summed E-state index contributed by atoms with van der Waals surface area (Å²) >= 11 is 5.98. The molecular formula is C11H8ClN3O3. The Bertz CT molecular complexity index is 748. The van der Waals surface area contributed by atoms with E-state index in [2.05, 4.69) is 21.8 Å². The molecule has 0 saturated carbocycles. The molecule has 2 N–H and O–H groups in total. The van der Waals surface area contributed by atoms with E-state index in [1.54, 1.807) is 6.92 Å². The molecule has 0 fully saturated rings. The predicted molar refractivity (Wildman–Crippen MR) is 65.8 cm³/mol. The van der Waals surface area contributed by atoms with Crippen molar-refractivity contribution in [2.24, 2.45) is 0 Å². The van der Waals surface area contributed by atoms with Gasteiger partial charge in [0.1, 0.15) is 21.7 Å². The molecule has 2 rings (SSSR count). The predicted octanol–water partition coefficient (Wildman–Crippen LogP) is 1.10. The molecule has 0 amide bonds. The molecular weight excluding hydrogens is 258 g/mol. The topological polar surface area (TPSA) is 88.0 Å². The van der Waals surface area contributed by atoms with Gasteiger partial charge in [-0.2, -0.15) is 0 Å². The van der Waals surface area contributed by atoms with Gasteiger partial charge in [-0.3, -0.25) is 4.79 Å². The highest BCUT2D eigenvalue weighted by Gasteiger charge is 2.23. The summed E-state index contributed by atoms with van der Waals surface area (Å²) < 4.78 is 1.34. The number of aromatic carboxylic acids is 1. The number of fused-ring (bicyclic) bond motifs is 1. The van der Waals surface area contributed by atoms with E-state index in [9.17, 15) is 9.59 Å². The van der Waals surface area contributed by atoms with Gasteiger partial charge >= 0.3 is 5.97 Å². The third kappa shape index (κ3) is 1.75. The van der Waals surface area contributed by atoms with Crippen LogP contribution in [0.5, 0.6) is 0 Å². The SMILES string of the molecule is CC#CCn1c(Cl)c(C(=O)O)c2nc[nH]c(=O)c21. The van der Waals surface area contributed by atoms with Gasteiger partial charge in [-0.15, -0.1) is 5.92 Å². The molecule has 0 aliphatic rings. The maximum absolute atomic E-state index is 11.7. The second-order valence-electron chi connectivity index (χ2n) is 3.41. The second-order valence-corrected chi connectivity index (χ2v) is 3.77. The summed E-state index contributed by atoms with van der Waals surface area (Å²) in [6.07, 6.45) is 1.14. The Kier molecular flexibility index (Phi) is 3.08. The van der Waals surface area contributed by atoms with Gasteiger partial charge in [-0.25, -0.2) is 9.78 Å². The summed E-state index contributed by atoms with van der Waals surface area (Å²) in [6, 6.07) is 0. The standard InChI is InChI=1S/C11H8ClN3O3/c1-2-3-4-15-8-7(13-5-14-10(8)16)6(9(15)12)11(17)18/h5H,4H2,1H3,(H,17,18)(H,13,14,16). The number of carboxylic acid groups (broad SMARTS) is 1. The number of nitrogens with zero attached hydrogens (tertiary/aromatic N) is 2. The van der Waals surface area contributed by atoms with Gasteiger partial charge in [0.2, 0.25) is 0 Å². The molecule has 2 aromatic rings. The van der Waals surface area contributed by atoms with Gasteiger partial charge in [0.05, 0.1) is 12.9 Å². The van der Waals surface area contributed by atoms with Crippen LogP contribution in [-0.2, 0) is 6.54 Å². The molecule has 0 saturated heterocycles. The minimum atomic E-state index is -1.23. The number of halogens is 1. The summed E-state index contributed by atoms with van der Waals surface area (Å²) in [6.45, 7) is 1.77. The van der Waals surface area contributed by atoms with E-state index in [4.69, 9.17) is 16.7 Å². The molecule has 0 atom stereocenters. The van der Waals surface area contributed by atoms with Gasteiger partial charge in [0.15, 0.2) is 0 Å². The fourth-order valence-electron chi connectivity index (χ4n) is 1.65. The van der Waals surface area contributed by atoms with Crippen LogP contribution < -0.4 is 5.56 Å². The van der Waals surface area contributed by atoms with Crippen LogP contribution in [0.3, 0.4) is 0 Å². The number of rotatable bonds is 2. The first-order chi connectivity index (χ1) is 8.57. The first kappa shape index (κ1) is 12.2. The van der Waals surface area contributed by atoms with Crippen LogP contribution >= 0.6 is 11.6 Å². The Hall–Kier alpha value is -2.26. The Morgan fingerprint density at radius 2 is 2.39 bits per heavy atom. The molecule has 2 aromatic heterocycles. The van der Waals surface area contributed by atoms with E-state index in [1.165, 1.54) is 4.57 Å². The number of carbonyl (C=O) groups is 1. The van der Waals surface area contributed by atoms with E-state index in [0.29, 0.717) is 0 Å². The summed E-state index contributed by atoms with van der Waals surface area (Å²) in [5.74, 6) is 4.16. The molecule has 18 heavy (non-hydrogen) atoms. The summed E-state index contributed by atoms with van der Waals surface area (Å²) in [7, 11) is 0. The summed E-state index contributed by atoms with van der Waals surface area (Å²) in [5, 5.41) is 9.06. The van der Waals surface area contributed by atoms with Crippen LogP contribution in [0, 0.1) is 11.8 Å². The van der Waals surface area contributed by atoms with Crippen molar-refractivity contribution >= 4 is 28.6 Å². The number of carboxylic acids is 1. The van der Waals surface area contributed by atoms with Crippen LogP contribution in [-0.4, -0.2) is 25.6 Å². The Labute approximate surface area is 106 Å². The molecule has 0 spiro atoms. The minimum Gasteiger partial charge on any atom is -0.478 e. The molecule has 0 aliphatic carbocycles. The third-order valence-electron chi connectivity index (χ3n) is 2.41. The van der Waals surface area contributed by atoms with Gasteiger partial charge in [-0.1, -0.05) is 17.5 Å². The average Bonchev–Trinajstić information content (AvgIpc) is 2.60. The van der Waals surface area contributed by atoms with E-state index in [1.807, 2.05) is 0 Å². The fourth-order valence-corrected chi connectivity index (χ4v) is 1.97. The van der Waals surface area contributed by atoms with Gasteiger partial charge in [0.25, 0.3) is 5.56 Å². The fraction of sp³-hybridized carbons (Fsp3) is 0.182. The maximum Gasteiger partial charge on any atom is 0.341 e. The largest absolute Gasteiger partial charge is 0.478 e. The number of aromatic amines is 1. The maximum atomic E-state index is 11.7. The van der Waals surface area contributed by atoms with Crippen LogP contribution in [0.4, 0.5) is 0 Å². The molecule has 0 unspecified atom stereocenters. The number of aromatic nitrogens is 3. The number of hydrogen-bond acceptors (Lipinski definition) is 3. The molecule has 0 aliphatic heterocycles.